The molecule has 5 nitrogen and oxygen atoms in total. The van der Waals surface area contributed by atoms with Crippen LogP contribution < -0.4 is 0 Å². The maximum Gasteiger partial charge on any atom is 0.308 e. The number of fused-ring (bicyclic) bond motifs is 1. The second-order valence-electron chi connectivity index (χ2n) is 5.07. The minimum absolute atomic E-state index is 0.152. The van der Waals surface area contributed by atoms with Gasteiger partial charge in [0.15, 0.2) is 0 Å². The number of hydrogen-bond acceptors (Lipinski definition) is 3. The predicted molar refractivity (Wildman–Crippen MR) is 72.5 cm³/mol. The van der Waals surface area contributed by atoms with Gasteiger partial charge in [-0.05, 0) is 18.9 Å². The van der Waals surface area contributed by atoms with Crippen molar-refractivity contribution in [3.05, 3.63) is 36.1 Å². The van der Waals surface area contributed by atoms with Gasteiger partial charge >= 0.3 is 5.97 Å². The Labute approximate surface area is 115 Å². The lowest BCUT2D eigenvalue weighted by molar-refractivity contribution is -0.143. The Morgan fingerprint density at radius 1 is 1.30 bits per heavy atom. The van der Waals surface area contributed by atoms with E-state index in [4.69, 9.17) is 9.52 Å². The zero-order valence-corrected chi connectivity index (χ0v) is 10.9. The van der Waals surface area contributed by atoms with Crippen molar-refractivity contribution in [3.63, 3.8) is 0 Å². The average molecular weight is 273 g/mol. The summed E-state index contributed by atoms with van der Waals surface area (Å²) in [6.07, 6.45) is 2.81. The minimum atomic E-state index is -0.834. The highest BCUT2D eigenvalue weighted by Gasteiger charge is 2.29. The lowest BCUT2D eigenvalue weighted by Gasteiger charge is -2.30. The van der Waals surface area contributed by atoms with Crippen LogP contribution in [0.25, 0.3) is 11.0 Å². The van der Waals surface area contributed by atoms with Crippen LogP contribution >= 0.6 is 0 Å². The number of nitrogens with zero attached hydrogens (tertiary/aromatic N) is 1. The molecule has 2 aromatic rings. The Kier molecular flexibility index (Phi) is 3.18. The number of carbonyl (C=O) groups is 2. The smallest absolute Gasteiger partial charge is 0.308 e. The number of hydrogen-bond donors (Lipinski definition) is 1. The highest BCUT2D eigenvalue weighted by atomic mass is 16.4. The van der Waals surface area contributed by atoms with Crippen molar-refractivity contribution in [1.29, 1.82) is 0 Å². The SMILES string of the molecule is O=C(O)C1CCCN(C(=O)c2coc3ccccc23)C1. The molecule has 0 bridgehead atoms. The Hall–Kier alpha value is -2.30. The van der Waals surface area contributed by atoms with Gasteiger partial charge in [-0.3, -0.25) is 9.59 Å². The summed E-state index contributed by atoms with van der Waals surface area (Å²) < 4.78 is 5.37. The number of carbonyl (C=O) groups excluding carboxylic acids is 1. The summed E-state index contributed by atoms with van der Waals surface area (Å²) in [7, 11) is 0. The summed E-state index contributed by atoms with van der Waals surface area (Å²) in [6.45, 7) is 0.871. The average Bonchev–Trinajstić information content (AvgIpc) is 2.90. The number of carboxylic acids is 1. The summed E-state index contributed by atoms with van der Waals surface area (Å²) in [5.74, 6) is -1.45. The van der Waals surface area contributed by atoms with E-state index in [1.54, 1.807) is 4.90 Å². The van der Waals surface area contributed by atoms with Gasteiger partial charge in [-0.2, -0.15) is 0 Å². The highest BCUT2D eigenvalue weighted by Crippen LogP contribution is 2.24. The molecule has 0 radical (unpaired) electrons. The molecule has 104 valence electrons. The lowest BCUT2D eigenvalue weighted by atomic mass is 9.97. The van der Waals surface area contributed by atoms with E-state index in [2.05, 4.69) is 0 Å². The molecule has 1 amide bonds. The molecule has 0 saturated carbocycles. The number of rotatable bonds is 2. The van der Waals surface area contributed by atoms with Crippen LogP contribution in [0.2, 0.25) is 0 Å². The first-order valence-corrected chi connectivity index (χ1v) is 6.65. The van der Waals surface area contributed by atoms with Crippen LogP contribution in [0, 0.1) is 5.92 Å². The van der Waals surface area contributed by atoms with Crippen molar-refractivity contribution in [3.8, 4) is 0 Å². The van der Waals surface area contributed by atoms with E-state index in [0.29, 0.717) is 24.1 Å². The molecule has 1 atom stereocenters. The van der Waals surface area contributed by atoms with Gasteiger partial charge in [0, 0.05) is 18.5 Å². The molecule has 1 aromatic carbocycles. The fourth-order valence-corrected chi connectivity index (χ4v) is 2.68. The first kappa shape index (κ1) is 12.7. The van der Waals surface area contributed by atoms with E-state index in [1.165, 1.54) is 6.26 Å². The summed E-state index contributed by atoms with van der Waals surface area (Å²) in [5.41, 5.74) is 1.18. The van der Waals surface area contributed by atoms with Crippen LogP contribution in [0.3, 0.4) is 0 Å². The van der Waals surface area contributed by atoms with Crippen molar-refractivity contribution >= 4 is 22.8 Å². The molecule has 1 aromatic heterocycles. The van der Waals surface area contributed by atoms with E-state index in [9.17, 15) is 9.59 Å². The third-order valence-corrected chi connectivity index (χ3v) is 3.77. The zero-order chi connectivity index (χ0) is 14.1. The molecule has 2 heterocycles. The number of carboxylic acid groups (broad SMARTS) is 1. The fourth-order valence-electron chi connectivity index (χ4n) is 2.68. The number of piperidine rings is 1. The molecule has 1 N–H and O–H groups in total. The largest absolute Gasteiger partial charge is 0.481 e. The molecule has 5 heteroatoms. The van der Waals surface area contributed by atoms with Gasteiger partial charge in [0.25, 0.3) is 5.91 Å². The van der Waals surface area contributed by atoms with Gasteiger partial charge in [0.2, 0.25) is 0 Å². The predicted octanol–water partition coefficient (Wildman–Crippen LogP) is 2.37. The van der Waals surface area contributed by atoms with Gasteiger partial charge in [-0.25, -0.2) is 0 Å². The zero-order valence-electron chi connectivity index (χ0n) is 10.9. The molecule has 1 fully saturated rings. The molecule has 1 aliphatic rings. The third kappa shape index (κ3) is 2.15. The van der Waals surface area contributed by atoms with Crippen LogP contribution in [-0.2, 0) is 4.79 Å². The van der Waals surface area contributed by atoms with E-state index in [1.807, 2.05) is 24.3 Å². The van der Waals surface area contributed by atoms with E-state index in [-0.39, 0.29) is 12.5 Å². The number of likely N-dealkylation sites (tertiary alicyclic amines) is 1. The second kappa shape index (κ2) is 5.00. The molecule has 1 saturated heterocycles. The number of para-hydroxylation sites is 1. The summed E-state index contributed by atoms with van der Waals surface area (Å²) in [6, 6.07) is 7.35. The topological polar surface area (TPSA) is 70.8 Å². The van der Waals surface area contributed by atoms with Crippen LogP contribution in [0.1, 0.15) is 23.2 Å². The molecular formula is C15H15NO4. The first-order chi connectivity index (χ1) is 9.66. The fraction of sp³-hybridized carbons (Fsp3) is 0.333. The second-order valence-corrected chi connectivity index (χ2v) is 5.07. The van der Waals surface area contributed by atoms with E-state index in [0.717, 1.165) is 11.8 Å². The van der Waals surface area contributed by atoms with Gasteiger partial charge in [-0.1, -0.05) is 18.2 Å². The highest BCUT2D eigenvalue weighted by molar-refractivity contribution is 6.06. The first-order valence-electron chi connectivity index (χ1n) is 6.65. The molecular weight excluding hydrogens is 258 g/mol. The quantitative estimate of drug-likeness (QED) is 0.911. The Balaban J connectivity index is 1.87. The monoisotopic (exact) mass is 273 g/mol. The molecule has 1 aliphatic heterocycles. The number of amides is 1. The van der Waals surface area contributed by atoms with Gasteiger partial charge in [0.1, 0.15) is 11.8 Å². The molecule has 1 unspecified atom stereocenters. The van der Waals surface area contributed by atoms with Crippen molar-refractivity contribution < 1.29 is 19.1 Å². The van der Waals surface area contributed by atoms with Crippen LogP contribution in [0.15, 0.2) is 34.9 Å². The number of aliphatic carboxylic acids is 1. The molecule has 0 aliphatic carbocycles. The van der Waals surface area contributed by atoms with Crippen LogP contribution in [0.5, 0.6) is 0 Å². The summed E-state index contributed by atoms with van der Waals surface area (Å²) in [4.78, 5) is 25.2. The van der Waals surface area contributed by atoms with Crippen LogP contribution in [-0.4, -0.2) is 35.0 Å². The Morgan fingerprint density at radius 2 is 2.10 bits per heavy atom. The minimum Gasteiger partial charge on any atom is -0.481 e. The van der Waals surface area contributed by atoms with Gasteiger partial charge in [0.05, 0.1) is 11.5 Å². The molecule has 20 heavy (non-hydrogen) atoms. The maximum atomic E-state index is 12.5. The van der Waals surface area contributed by atoms with Crippen molar-refractivity contribution in [2.24, 2.45) is 5.92 Å². The standard InChI is InChI=1S/C15H15NO4/c17-14(16-7-3-4-10(8-16)15(18)19)12-9-20-13-6-2-1-5-11(12)13/h1-2,5-6,9-10H,3-4,7-8H2,(H,18,19). The van der Waals surface area contributed by atoms with Gasteiger partial charge < -0.3 is 14.4 Å². The van der Waals surface area contributed by atoms with Crippen molar-refractivity contribution in [1.82, 2.24) is 4.90 Å². The van der Waals surface area contributed by atoms with E-state index >= 15 is 0 Å². The van der Waals surface area contributed by atoms with Crippen molar-refractivity contribution in [2.75, 3.05) is 13.1 Å². The Morgan fingerprint density at radius 3 is 2.90 bits per heavy atom. The number of furan rings is 1. The summed E-state index contributed by atoms with van der Waals surface area (Å²) in [5, 5.41) is 9.86. The molecule has 3 rings (SSSR count). The Bertz CT molecular complexity index is 661. The lowest BCUT2D eigenvalue weighted by Crippen LogP contribution is -2.42. The van der Waals surface area contributed by atoms with E-state index < -0.39 is 11.9 Å². The summed E-state index contributed by atoms with van der Waals surface area (Å²) >= 11 is 0. The normalized spacial score (nSPS) is 19.2. The number of benzene rings is 1. The van der Waals surface area contributed by atoms with Gasteiger partial charge in [-0.15, -0.1) is 0 Å². The van der Waals surface area contributed by atoms with Crippen molar-refractivity contribution in [2.45, 2.75) is 12.8 Å². The maximum absolute atomic E-state index is 12.5. The van der Waals surface area contributed by atoms with Crippen LogP contribution in [0.4, 0.5) is 0 Å². The molecule has 0 spiro atoms. The third-order valence-electron chi connectivity index (χ3n) is 3.77.